The van der Waals surface area contributed by atoms with Gasteiger partial charge in [-0.1, -0.05) is 59.6 Å². The summed E-state index contributed by atoms with van der Waals surface area (Å²) in [6.07, 6.45) is 3.04. The van der Waals surface area contributed by atoms with Crippen molar-refractivity contribution < 1.29 is 19.5 Å². The number of nitriles is 1. The lowest BCUT2D eigenvalue weighted by atomic mass is 10.0. The molecule has 4 rings (SSSR count). The zero-order chi connectivity index (χ0) is 29.2. The van der Waals surface area contributed by atoms with E-state index in [0.29, 0.717) is 36.1 Å². The fourth-order valence-electron chi connectivity index (χ4n) is 5.56. The van der Waals surface area contributed by atoms with Gasteiger partial charge in [0.1, 0.15) is 6.04 Å². The molecule has 0 aromatic heterocycles. The van der Waals surface area contributed by atoms with E-state index in [2.05, 4.69) is 23.1 Å². The van der Waals surface area contributed by atoms with Crippen LogP contribution < -0.4 is 5.73 Å². The van der Waals surface area contributed by atoms with E-state index in [-0.39, 0.29) is 42.8 Å². The van der Waals surface area contributed by atoms with Crippen molar-refractivity contribution in [2.24, 2.45) is 5.73 Å². The first kappa shape index (κ1) is 31.4. The molecule has 4 atom stereocenters. The molecule has 2 saturated heterocycles. The van der Waals surface area contributed by atoms with Crippen LogP contribution in [0, 0.1) is 11.3 Å². The molecule has 2 aliphatic rings. The number of carboxylic acid groups (broad SMARTS) is 1. The largest absolute Gasteiger partial charge is 0.483 e. The van der Waals surface area contributed by atoms with Gasteiger partial charge in [0, 0.05) is 38.8 Å². The maximum absolute atomic E-state index is 13.8. The molecule has 2 heterocycles. The zero-order valence-corrected chi connectivity index (χ0v) is 24.0. The summed E-state index contributed by atoms with van der Waals surface area (Å²) in [7, 11) is 1.68. The van der Waals surface area contributed by atoms with E-state index in [1.54, 1.807) is 29.0 Å². The number of hydrogen-bond acceptors (Lipinski definition) is 6. The highest BCUT2D eigenvalue weighted by Crippen LogP contribution is 2.30. The van der Waals surface area contributed by atoms with Crippen molar-refractivity contribution in [3.63, 3.8) is 0 Å². The van der Waals surface area contributed by atoms with Crippen molar-refractivity contribution >= 4 is 41.5 Å². The highest BCUT2D eigenvalue weighted by atomic mass is 35.5. The molecule has 2 amide bonds. The number of halogens is 2. The third-order valence-corrected chi connectivity index (χ3v) is 8.19. The van der Waals surface area contributed by atoms with Crippen LogP contribution in [0.1, 0.15) is 36.8 Å². The third-order valence-electron chi connectivity index (χ3n) is 7.45. The maximum Gasteiger partial charge on any atom is 0.290 e. The lowest BCUT2D eigenvalue weighted by molar-refractivity contribution is -0.146. The molecule has 9 nitrogen and oxygen atoms in total. The van der Waals surface area contributed by atoms with Crippen LogP contribution in [0.3, 0.4) is 0 Å². The van der Waals surface area contributed by atoms with Gasteiger partial charge < -0.3 is 20.6 Å². The van der Waals surface area contributed by atoms with E-state index < -0.39 is 6.04 Å². The van der Waals surface area contributed by atoms with Crippen LogP contribution in [-0.4, -0.2) is 82.4 Å². The quantitative estimate of drug-likeness (QED) is 0.451. The zero-order valence-electron chi connectivity index (χ0n) is 22.5. The standard InChI is InChI=1S/C28H33Cl2N5O2.CH2O2/c1-33(17-20-8-10-23(29)24(30)15-20)27(36)25(11-13-31)34-14-12-22(9-7-19-5-3-2-4-6-19)35-18-21(32)16-26(35)28(34)37;2-1-3/h2-6,8,10,15,21-22,25-26H,7,9,11-12,14,16-18,32H2,1H3;1H,(H,2,3)/t21-,22?,25-,26+;/m1./s1. The number of benzene rings is 2. The molecule has 0 aliphatic carbocycles. The van der Waals surface area contributed by atoms with E-state index in [4.69, 9.17) is 38.8 Å². The number of carbonyl (C=O) groups excluding carboxylic acids is 2. The maximum atomic E-state index is 13.8. The van der Waals surface area contributed by atoms with Crippen LogP contribution in [0.5, 0.6) is 0 Å². The summed E-state index contributed by atoms with van der Waals surface area (Å²) in [6, 6.07) is 16.5. The van der Waals surface area contributed by atoms with Crippen LogP contribution in [0.4, 0.5) is 0 Å². The van der Waals surface area contributed by atoms with E-state index in [9.17, 15) is 14.9 Å². The molecule has 2 aromatic carbocycles. The first-order valence-corrected chi connectivity index (χ1v) is 13.9. The lowest BCUT2D eigenvalue weighted by Gasteiger charge is -2.33. The Balaban J connectivity index is 0.00000141. The lowest BCUT2D eigenvalue weighted by Crippen LogP contribution is -2.53. The molecule has 0 spiro atoms. The summed E-state index contributed by atoms with van der Waals surface area (Å²) in [4.78, 5) is 41.2. The normalized spacial score (nSPS) is 21.3. The summed E-state index contributed by atoms with van der Waals surface area (Å²) in [5.74, 6) is -0.371. The van der Waals surface area contributed by atoms with Crippen molar-refractivity contribution in [1.82, 2.24) is 14.7 Å². The fourth-order valence-corrected chi connectivity index (χ4v) is 5.88. The SMILES string of the molecule is CN(Cc1ccc(Cl)c(Cl)c1)C(=O)[C@@H](CC#N)N1CCC(CCc2ccccc2)N2C[C@H](N)C[C@H]2C1=O.O=CO. The number of hydrogen-bond donors (Lipinski definition) is 2. The predicted molar refractivity (Wildman–Crippen MR) is 154 cm³/mol. The van der Waals surface area contributed by atoms with Crippen molar-refractivity contribution in [2.75, 3.05) is 20.1 Å². The molecule has 214 valence electrons. The fraction of sp³-hybridized carbons (Fsp3) is 0.448. The summed E-state index contributed by atoms with van der Waals surface area (Å²) in [6.45, 7) is 1.14. The van der Waals surface area contributed by atoms with Crippen LogP contribution in [0.25, 0.3) is 0 Å². The summed E-state index contributed by atoms with van der Waals surface area (Å²) in [5.41, 5.74) is 8.39. The molecule has 2 fully saturated rings. The molecule has 11 heteroatoms. The average molecular weight is 589 g/mol. The molecule has 2 aromatic rings. The molecular formula is C29H35Cl2N5O4. The van der Waals surface area contributed by atoms with Crippen LogP contribution in [-0.2, 0) is 27.3 Å². The van der Waals surface area contributed by atoms with Gasteiger partial charge in [-0.05, 0) is 48.9 Å². The first-order chi connectivity index (χ1) is 19.2. The second kappa shape index (κ2) is 15.0. The number of aryl methyl sites for hydroxylation is 1. The van der Waals surface area contributed by atoms with E-state index in [1.807, 2.05) is 24.3 Å². The Morgan fingerprint density at radius 2 is 1.93 bits per heavy atom. The average Bonchev–Trinajstić information content (AvgIpc) is 3.28. The summed E-state index contributed by atoms with van der Waals surface area (Å²) < 4.78 is 0. The van der Waals surface area contributed by atoms with Crippen molar-refractivity contribution in [2.45, 2.75) is 62.8 Å². The molecule has 40 heavy (non-hydrogen) atoms. The Hall–Kier alpha value is -3.16. The van der Waals surface area contributed by atoms with Gasteiger partial charge in [0.15, 0.2) is 0 Å². The van der Waals surface area contributed by atoms with Gasteiger partial charge >= 0.3 is 0 Å². The number of amides is 2. The molecule has 1 unspecified atom stereocenters. The Morgan fingerprint density at radius 3 is 2.58 bits per heavy atom. The minimum Gasteiger partial charge on any atom is -0.483 e. The molecule has 0 bridgehead atoms. The number of nitrogens with two attached hydrogens (primary N) is 1. The third kappa shape index (κ3) is 7.95. The van der Waals surface area contributed by atoms with Gasteiger partial charge in [-0.3, -0.25) is 19.3 Å². The minimum absolute atomic E-state index is 0.0657. The highest BCUT2D eigenvalue weighted by Gasteiger charge is 2.46. The van der Waals surface area contributed by atoms with Crippen LogP contribution in [0.2, 0.25) is 10.0 Å². The van der Waals surface area contributed by atoms with Gasteiger partial charge in [-0.2, -0.15) is 5.26 Å². The van der Waals surface area contributed by atoms with Crippen molar-refractivity contribution in [3.8, 4) is 6.07 Å². The van der Waals surface area contributed by atoms with Gasteiger partial charge in [0.25, 0.3) is 6.47 Å². The minimum atomic E-state index is -0.850. The Kier molecular flexibility index (Phi) is 11.8. The monoisotopic (exact) mass is 587 g/mol. The molecule has 2 aliphatic heterocycles. The number of nitrogens with zero attached hydrogens (tertiary/aromatic N) is 4. The molecule has 3 N–H and O–H groups in total. The van der Waals surface area contributed by atoms with Crippen molar-refractivity contribution in [1.29, 1.82) is 5.26 Å². The Bertz CT molecular complexity index is 1210. The highest BCUT2D eigenvalue weighted by molar-refractivity contribution is 6.42. The van der Waals surface area contributed by atoms with Crippen LogP contribution in [0.15, 0.2) is 48.5 Å². The molecule has 0 saturated carbocycles. The second-order valence-electron chi connectivity index (χ2n) is 10.1. The van der Waals surface area contributed by atoms with E-state index in [0.717, 1.165) is 24.8 Å². The number of fused-ring (bicyclic) bond motifs is 1. The smallest absolute Gasteiger partial charge is 0.290 e. The van der Waals surface area contributed by atoms with Gasteiger partial charge in [-0.25, -0.2) is 0 Å². The Labute approximate surface area is 245 Å². The second-order valence-corrected chi connectivity index (χ2v) is 10.9. The number of carbonyl (C=O) groups is 3. The van der Waals surface area contributed by atoms with E-state index >= 15 is 0 Å². The predicted octanol–water partition coefficient (Wildman–Crippen LogP) is 3.57. The summed E-state index contributed by atoms with van der Waals surface area (Å²) in [5, 5.41) is 17.3. The topological polar surface area (TPSA) is 131 Å². The van der Waals surface area contributed by atoms with Crippen LogP contribution >= 0.6 is 23.2 Å². The van der Waals surface area contributed by atoms with Gasteiger partial charge in [0.05, 0.1) is 28.6 Å². The number of likely N-dealkylation sites (N-methyl/N-ethyl adjacent to an activating group) is 1. The number of rotatable bonds is 8. The van der Waals surface area contributed by atoms with Crippen molar-refractivity contribution in [3.05, 3.63) is 69.7 Å². The van der Waals surface area contributed by atoms with Gasteiger partial charge in [0.2, 0.25) is 11.8 Å². The van der Waals surface area contributed by atoms with Gasteiger partial charge in [-0.15, -0.1) is 0 Å². The molecule has 0 radical (unpaired) electrons. The molecular weight excluding hydrogens is 553 g/mol. The first-order valence-electron chi connectivity index (χ1n) is 13.2. The Morgan fingerprint density at radius 1 is 1.23 bits per heavy atom. The summed E-state index contributed by atoms with van der Waals surface area (Å²) >= 11 is 12.2. The van der Waals surface area contributed by atoms with E-state index in [1.165, 1.54) is 5.56 Å².